The second-order valence-electron chi connectivity index (χ2n) is 9.76. The van der Waals surface area contributed by atoms with E-state index in [4.69, 9.17) is 28.4 Å². The number of benzene rings is 2. The molecule has 0 aliphatic carbocycles. The SMILES string of the molecule is CNC(=O)c1cccc(-c2ccc(O[C@H]3O[C@H]([C@@H](C)OC(C)=O)[C@@H](OC(C)=O)[C@H](OC(C)=O)[C@@H]3OC(C)=O)c(C)c2)c1. The lowest BCUT2D eigenvalue weighted by atomic mass is 9.94. The Kier molecular flexibility index (Phi) is 10.6. The highest BCUT2D eigenvalue weighted by atomic mass is 16.7. The topological polar surface area (TPSA) is 153 Å². The zero-order valence-electron chi connectivity index (χ0n) is 24.5. The normalized spacial score (nSPS) is 22.2. The van der Waals surface area contributed by atoms with Crippen LogP contribution in [-0.4, -0.2) is 73.6 Å². The van der Waals surface area contributed by atoms with E-state index in [9.17, 15) is 24.0 Å². The van der Waals surface area contributed by atoms with Crippen molar-refractivity contribution < 1.29 is 52.4 Å². The summed E-state index contributed by atoms with van der Waals surface area (Å²) in [4.78, 5) is 60.1. The summed E-state index contributed by atoms with van der Waals surface area (Å²) in [6, 6.07) is 12.4. The van der Waals surface area contributed by atoms with E-state index in [0.29, 0.717) is 16.9 Å². The number of esters is 4. The van der Waals surface area contributed by atoms with Gasteiger partial charge >= 0.3 is 23.9 Å². The van der Waals surface area contributed by atoms with Crippen LogP contribution >= 0.6 is 0 Å². The Bertz CT molecular complexity index is 1340. The van der Waals surface area contributed by atoms with Gasteiger partial charge in [0.05, 0.1) is 0 Å². The Balaban J connectivity index is 2.01. The number of rotatable bonds is 9. The van der Waals surface area contributed by atoms with Gasteiger partial charge in [-0.2, -0.15) is 0 Å². The minimum absolute atomic E-state index is 0.216. The van der Waals surface area contributed by atoms with Crippen molar-refractivity contribution in [1.82, 2.24) is 5.32 Å². The number of hydrogen-bond acceptors (Lipinski definition) is 11. The Morgan fingerprint density at radius 3 is 1.95 bits per heavy atom. The average molecular weight is 586 g/mol. The van der Waals surface area contributed by atoms with E-state index in [1.165, 1.54) is 13.8 Å². The van der Waals surface area contributed by atoms with Crippen molar-refractivity contribution in [2.45, 2.75) is 78.4 Å². The molecular weight excluding hydrogens is 550 g/mol. The maximum atomic E-state index is 12.1. The first-order valence-electron chi connectivity index (χ1n) is 13.2. The summed E-state index contributed by atoms with van der Waals surface area (Å²) in [7, 11) is 1.56. The van der Waals surface area contributed by atoms with Crippen LogP contribution in [0.25, 0.3) is 11.1 Å². The average Bonchev–Trinajstić information content (AvgIpc) is 2.91. The van der Waals surface area contributed by atoms with Crippen molar-refractivity contribution in [3.63, 3.8) is 0 Å². The second kappa shape index (κ2) is 13.9. The molecule has 1 saturated heterocycles. The first-order chi connectivity index (χ1) is 19.8. The molecule has 0 unspecified atom stereocenters. The molecular formula is C30H35NO11. The third-order valence-electron chi connectivity index (χ3n) is 6.35. The fraction of sp³-hybridized carbons (Fsp3) is 0.433. The van der Waals surface area contributed by atoms with E-state index in [1.54, 1.807) is 44.3 Å². The lowest BCUT2D eigenvalue weighted by molar-refractivity contribution is -0.296. The largest absolute Gasteiger partial charge is 0.460 e. The molecule has 12 nitrogen and oxygen atoms in total. The van der Waals surface area contributed by atoms with Gasteiger partial charge in [0.2, 0.25) is 12.4 Å². The summed E-state index contributed by atoms with van der Waals surface area (Å²) in [6.45, 7) is 7.96. The van der Waals surface area contributed by atoms with Crippen LogP contribution in [0.4, 0.5) is 0 Å². The van der Waals surface area contributed by atoms with Gasteiger partial charge in [0.15, 0.2) is 12.2 Å². The third-order valence-corrected chi connectivity index (χ3v) is 6.35. The van der Waals surface area contributed by atoms with Gasteiger partial charge in [-0.25, -0.2) is 0 Å². The number of carbonyl (C=O) groups is 5. The summed E-state index contributed by atoms with van der Waals surface area (Å²) in [5.74, 6) is -2.70. The standard InChI is InChI=1S/C30H35NO11/c1-15-13-22(21-9-8-10-23(14-21)29(36)31-7)11-12-24(15)41-30-28(40-20(6)35)27(39-19(5)34)26(38-18(4)33)25(42-30)16(2)37-17(3)32/h8-14,16,25-28,30H,1-7H3,(H,31,36)/t16-,25-,26-,27+,28+,30+/m1/s1. The Hall–Kier alpha value is -4.45. The van der Waals surface area contributed by atoms with Crippen LogP contribution in [-0.2, 0) is 42.9 Å². The first-order valence-corrected chi connectivity index (χ1v) is 13.2. The van der Waals surface area contributed by atoms with Crippen molar-refractivity contribution in [2.75, 3.05) is 7.05 Å². The van der Waals surface area contributed by atoms with Crippen molar-refractivity contribution in [3.05, 3.63) is 53.6 Å². The molecule has 2 aromatic carbocycles. The molecule has 0 aromatic heterocycles. The van der Waals surface area contributed by atoms with Gasteiger partial charge in [0.1, 0.15) is 18.0 Å². The van der Waals surface area contributed by atoms with Crippen LogP contribution in [0.15, 0.2) is 42.5 Å². The number of nitrogens with one attached hydrogen (secondary N) is 1. The smallest absolute Gasteiger partial charge is 0.303 e. The Morgan fingerprint density at radius 2 is 1.38 bits per heavy atom. The molecule has 12 heteroatoms. The molecule has 0 bridgehead atoms. The van der Waals surface area contributed by atoms with Crippen LogP contribution < -0.4 is 10.1 Å². The predicted molar refractivity (Wildman–Crippen MR) is 147 cm³/mol. The van der Waals surface area contributed by atoms with Gasteiger partial charge in [0, 0.05) is 40.3 Å². The highest BCUT2D eigenvalue weighted by Crippen LogP contribution is 2.34. The van der Waals surface area contributed by atoms with Crippen LogP contribution in [0.1, 0.15) is 50.5 Å². The number of carbonyl (C=O) groups excluding carboxylic acids is 5. The molecule has 0 spiro atoms. The van der Waals surface area contributed by atoms with Crippen molar-refractivity contribution in [1.29, 1.82) is 0 Å². The quantitative estimate of drug-likeness (QED) is 0.341. The maximum absolute atomic E-state index is 12.1. The fourth-order valence-corrected chi connectivity index (χ4v) is 4.68. The monoisotopic (exact) mass is 585 g/mol. The molecule has 3 rings (SSSR count). The van der Waals surface area contributed by atoms with Gasteiger partial charge in [-0.3, -0.25) is 24.0 Å². The highest BCUT2D eigenvalue weighted by molar-refractivity contribution is 5.95. The first kappa shape index (κ1) is 32.1. The molecule has 1 heterocycles. The minimum Gasteiger partial charge on any atom is -0.460 e. The minimum atomic E-state index is -1.37. The fourth-order valence-electron chi connectivity index (χ4n) is 4.68. The van der Waals surface area contributed by atoms with Crippen LogP contribution in [0.5, 0.6) is 5.75 Å². The van der Waals surface area contributed by atoms with Gasteiger partial charge in [-0.05, 0) is 54.8 Å². The van der Waals surface area contributed by atoms with Crippen molar-refractivity contribution >= 4 is 29.8 Å². The summed E-state index contributed by atoms with van der Waals surface area (Å²) in [6.07, 6.45) is -7.53. The summed E-state index contributed by atoms with van der Waals surface area (Å²) < 4.78 is 34.0. The molecule has 42 heavy (non-hydrogen) atoms. The molecule has 1 N–H and O–H groups in total. The summed E-state index contributed by atoms with van der Waals surface area (Å²) in [5, 5.41) is 2.60. The lowest BCUT2D eigenvalue weighted by Crippen LogP contribution is -2.65. The zero-order chi connectivity index (χ0) is 31.1. The van der Waals surface area contributed by atoms with E-state index < -0.39 is 60.7 Å². The number of amides is 1. The van der Waals surface area contributed by atoms with E-state index in [-0.39, 0.29) is 5.91 Å². The van der Waals surface area contributed by atoms with Crippen molar-refractivity contribution in [3.8, 4) is 16.9 Å². The summed E-state index contributed by atoms with van der Waals surface area (Å²) >= 11 is 0. The van der Waals surface area contributed by atoms with Gasteiger partial charge in [-0.15, -0.1) is 0 Å². The van der Waals surface area contributed by atoms with Gasteiger partial charge < -0.3 is 33.7 Å². The van der Waals surface area contributed by atoms with Crippen molar-refractivity contribution in [2.24, 2.45) is 0 Å². The molecule has 1 fully saturated rings. The Morgan fingerprint density at radius 1 is 0.786 bits per heavy atom. The second-order valence-corrected chi connectivity index (χ2v) is 9.76. The van der Waals surface area contributed by atoms with Crippen LogP contribution in [0.2, 0.25) is 0 Å². The van der Waals surface area contributed by atoms with Crippen LogP contribution in [0, 0.1) is 6.92 Å². The van der Waals surface area contributed by atoms with Gasteiger partial charge in [0.25, 0.3) is 5.91 Å². The summed E-state index contributed by atoms with van der Waals surface area (Å²) in [5.41, 5.74) is 2.77. The highest BCUT2D eigenvalue weighted by Gasteiger charge is 2.55. The zero-order valence-corrected chi connectivity index (χ0v) is 24.5. The molecule has 226 valence electrons. The Labute approximate surface area is 243 Å². The maximum Gasteiger partial charge on any atom is 0.303 e. The molecule has 1 amide bonds. The van der Waals surface area contributed by atoms with E-state index in [2.05, 4.69) is 5.32 Å². The molecule has 1 aliphatic heterocycles. The number of aryl methyl sites for hydroxylation is 1. The predicted octanol–water partition coefficient (Wildman–Crippen LogP) is 2.87. The number of ether oxygens (including phenoxy) is 6. The van der Waals surface area contributed by atoms with E-state index >= 15 is 0 Å². The van der Waals surface area contributed by atoms with Crippen LogP contribution in [0.3, 0.4) is 0 Å². The molecule has 1 aliphatic rings. The van der Waals surface area contributed by atoms with E-state index in [1.807, 2.05) is 12.1 Å². The molecule has 0 radical (unpaired) electrons. The lowest BCUT2D eigenvalue weighted by Gasteiger charge is -2.45. The molecule has 6 atom stereocenters. The van der Waals surface area contributed by atoms with Gasteiger partial charge in [-0.1, -0.05) is 18.2 Å². The third kappa shape index (κ3) is 8.06. The van der Waals surface area contributed by atoms with E-state index in [0.717, 1.165) is 31.9 Å². The number of hydrogen-bond donors (Lipinski definition) is 1. The molecule has 2 aromatic rings. The molecule has 0 saturated carbocycles.